The molecule has 0 radical (unpaired) electrons. The van der Waals surface area contributed by atoms with Crippen molar-refractivity contribution in [3.8, 4) is 0 Å². The first-order valence-corrected chi connectivity index (χ1v) is 10.4. The SMILES string of the molecule is CCO[SiH2]CCCSCC12CCC(C(=O)C1=O)C2(C)C. The van der Waals surface area contributed by atoms with Crippen LogP contribution < -0.4 is 0 Å². The predicted molar refractivity (Wildman–Crippen MR) is 85.9 cm³/mol. The number of thioether (sulfide) groups is 1. The van der Waals surface area contributed by atoms with E-state index in [9.17, 15) is 9.59 Å². The Labute approximate surface area is 128 Å². The normalized spacial score (nSPS) is 31.9. The molecule has 0 aliphatic heterocycles. The second kappa shape index (κ2) is 6.32. The lowest BCUT2D eigenvalue weighted by Crippen LogP contribution is -2.39. The number of hydrogen-bond acceptors (Lipinski definition) is 4. The van der Waals surface area contributed by atoms with Crippen molar-refractivity contribution < 1.29 is 14.0 Å². The van der Waals surface area contributed by atoms with Crippen LogP contribution in [0.3, 0.4) is 0 Å². The molecule has 2 rings (SSSR count). The fraction of sp³-hybridized carbons (Fsp3) is 0.867. The van der Waals surface area contributed by atoms with Gasteiger partial charge in [0.25, 0.3) is 0 Å². The molecule has 5 heteroatoms. The average molecular weight is 315 g/mol. The maximum absolute atomic E-state index is 12.3. The highest BCUT2D eigenvalue weighted by molar-refractivity contribution is 7.99. The molecule has 2 bridgehead atoms. The molecule has 0 aromatic heterocycles. The molecule has 2 saturated carbocycles. The predicted octanol–water partition coefficient (Wildman–Crippen LogP) is 2.22. The summed E-state index contributed by atoms with van der Waals surface area (Å²) >= 11 is 1.86. The Bertz CT molecular complexity index is 397. The topological polar surface area (TPSA) is 43.4 Å². The van der Waals surface area contributed by atoms with Gasteiger partial charge in [-0.25, -0.2) is 0 Å². The molecule has 20 heavy (non-hydrogen) atoms. The number of carbonyl (C=O) groups excluding carboxylic acids is 2. The first kappa shape index (κ1) is 16.2. The van der Waals surface area contributed by atoms with Crippen molar-refractivity contribution >= 4 is 33.1 Å². The van der Waals surface area contributed by atoms with Gasteiger partial charge in [-0.3, -0.25) is 9.59 Å². The molecule has 2 aliphatic carbocycles. The van der Waals surface area contributed by atoms with E-state index in [0.29, 0.717) is 0 Å². The third-order valence-electron chi connectivity index (χ3n) is 5.32. The molecule has 0 heterocycles. The molecule has 0 aromatic carbocycles. The Morgan fingerprint density at radius 3 is 2.75 bits per heavy atom. The summed E-state index contributed by atoms with van der Waals surface area (Å²) < 4.78 is 5.46. The van der Waals surface area contributed by atoms with Gasteiger partial charge in [0.05, 0.1) is 5.41 Å². The monoisotopic (exact) mass is 314 g/mol. The summed E-state index contributed by atoms with van der Waals surface area (Å²) in [5.74, 6) is 1.74. The van der Waals surface area contributed by atoms with Gasteiger partial charge in [0.1, 0.15) is 0 Å². The number of Topliss-reactive ketones (excluding diaryl/α,β-unsaturated/α-hetero) is 2. The zero-order chi connectivity index (χ0) is 14.8. The minimum Gasteiger partial charge on any atom is -0.424 e. The van der Waals surface area contributed by atoms with E-state index in [2.05, 4.69) is 13.8 Å². The van der Waals surface area contributed by atoms with Crippen LogP contribution in [0.25, 0.3) is 0 Å². The molecule has 0 amide bonds. The fourth-order valence-corrected chi connectivity index (χ4v) is 6.65. The summed E-state index contributed by atoms with van der Waals surface area (Å²) in [4.78, 5) is 24.4. The summed E-state index contributed by atoms with van der Waals surface area (Å²) in [7, 11) is -0.321. The van der Waals surface area contributed by atoms with Gasteiger partial charge in [0, 0.05) is 18.3 Å². The van der Waals surface area contributed by atoms with E-state index in [4.69, 9.17) is 4.43 Å². The third-order valence-corrected chi connectivity index (χ3v) is 8.08. The number of ketones is 2. The van der Waals surface area contributed by atoms with E-state index < -0.39 is 0 Å². The molecule has 3 nitrogen and oxygen atoms in total. The minimum absolute atomic E-state index is 0.0130. The zero-order valence-electron chi connectivity index (χ0n) is 12.9. The van der Waals surface area contributed by atoms with Crippen LogP contribution in [-0.4, -0.2) is 39.4 Å². The van der Waals surface area contributed by atoms with Crippen LogP contribution in [0.5, 0.6) is 0 Å². The van der Waals surface area contributed by atoms with Gasteiger partial charge in [-0.15, -0.1) is 0 Å². The molecular formula is C15H26O3SSi. The molecule has 0 spiro atoms. The summed E-state index contributed by atoms with van der Waals surface area (Å²) in [5, 5.41) is 0. The highest BCUT2D eigenvalue weighted by atomic mass is 32.2. The van der Waals surface area contributed by atoms with Crippen LogP contribution in [0.15, 0.2) is 0 Å². The number of fused-ring (bicyclic) bond motifs is 2. The highest BCUT2D eigenvalue weighted by Gasteiger charge is 2.68. The van der Waals surface area contributed by atoms with Crippen molar-refractivity contribution in [1.82, 2.24) is 0 Å². The van der Waals surface area contributed by atoms with E-state index >= 15 is 0 Å². The van der Waals surface area contributed by atoms with Crippen LogP contribution in [-0.2, 0) is 14.0 Å². The first-order chi connectivity index (χ1) is 9.47. The van der Waals surface area contributed by atoms with E-state index in [1.54, 1.807) is 0 Å². The van der Waals surface area contributed by atoms with Crippen molar-refractivity contribution in [2.24, 2.45) is 16.7 Å². The Kier molecular flexibility index (Phi) is 5.13. The summed E-state index contributed by atoms with van der Waals surface area (Å²) in [6.07, 6.45) is 3.00. The minimum atomic E-state index is -0.364. The van der Waals surface area contributed by atoms with Crippen LogP contribution in [0.4, 0.5) is 0 Å². The summed E-state index contributed by atoms with van der Waals surface area (Å²) in [6.45, 7) is 7.13. The first-order valence-electron chi connectivity index (χ1n) is 7.71. The van der Waals surface area contributed by atoms with Crippen LogP contribution >= 0.6 is 11.8 Å². The molecule has 0 N–H and O–H groups in total. The number of hydrogen-bond donors (Lipinski definition) is 0. The summed E-state index contributed by atoms with van der Waals surface area (Å²) in [5.41, 5.74) is -0.495. The lowest BCUT2D eigenvalue weighted by molar-refractivity contribution is -0.141. The van der Waals surface area contributed by atoms with Gasteiger partial charge in [0.15, 0.2) is 9.76 Å². The maximum Gasteiger partial charge on any atom is 0.206 e. The smallest absolute Gasteiger partial charge is 0.206 e. The lowest BCUT2D eigenvalue weighted by Gasteiger charge is -2.35. The van der Waals surface area contributed by atoms with Gasteiger partial charge >= 0.3 is 0 Å². The molecule has 2 aliphatic rings. The highest BCUT2D eigenvalue weighted by Crippen LogP contribution is 2.63. The summed E-state index contributed by atoms with van der Waals surface area (Å²) in [6, 6.07) is 1.22. The molecular weight excluding hydrogens is 288 g/mol. The van der Waals surface area contributed by atoms with Crippen LogP contribution in [0.1, 0.15) is 40.0 Å². The lowest BCUT2D eigenvalue weighted by atomic mass is 9.70. The van der Waals surface area contributed by atoms with Crippen molar-refractivity contribution in [3.63, 3.8) is 0 Å². The largest absolute Gasteiger partial charge is 0.424 e. The van der Waals surface area contributed by atoms with Gasteiger partial charge in [-0.2, -0.15) is 11.8 Å². The Balaban J connectivity index is 1.82. The Hall–Kier alpha value is -0.133. The fourth-order valence-electron chi connectivity index (χ4n) is 3.79. The van der Waals surface area contributed by atoms with Gasteiger partial charge in [-0.1, -0.05) is 13.8 Å². The second-order valence-electron chi connectivity index (χ2n) is 6.55. The Morgan fingerprint density at radius 1 is 1.40 bits per heavy atom. The molecule has 0 aromatic rings. The molecule has 2 fully saturated rings. The van der Waals surface area contributed by atoms with Crippen molar-refractivity contribution in [2.45, 2.75) is 46.1 Å². The molecule has 2 atom stereocenters. The molecule has 0 saturated heterocycles. The van der Waals surface area contributed by atoms with Crippen LogP contribution in [0.2, 0.25) is 6.04 Å². The number of carbonyl (C=O) groups is 2. The molecule has 2 unspecified atom stereocenters. The quantitative estimate of drug-likeness (QED) is 0.391. The molecule has 114 valence electrons. The van der Waals surface area contributed by atoms with E-state index in [1.165, 1.54) is 12.5 Å². The number of rotatable bonds is 8. The Morgan fingerprint density at radius 2 is 2.15 bits per heavy atom. The van der Waals surface area contributed by atoms with Gasteiger partial charge in [-0.05, 0) is 43.4 Å². The third kappa shape index (κ3) is 2.53. The van der Waals surface area contributed by atoms with Crippen LogP contribution in [0, 0.1) is 16.7 Å². The van der Waals surface area contributed by atoms with E-state index in [0.717, 1.165) is 31.0 Å². The van der Waals surface area contributed by atoms with Gasteiger partial charge < -0.3 is 4.43 Å². The average Bonchev–Trinajstić information content (AvgIpc) is 2.74. The van der Waals surface area contributed by atoms with Gasteiger partial charge in [0.2, 0.25) is 11.6 Å². The maximum atomic E-state index is 12.3. The van der Waals surface area contributed by atoms with Crippen molar-refractivity contribution in [3.05, 3.63) is 0 Å². The standard InChI is InChI=1S/C15H26O3SSi/c1-4-18-20-9-5-8-19-10-15-7-6-11(14(15,2)3)12(16)13(15)17/h11H,4-10,20H2,1-3H3. The van der Waals surface area contributed by atoms with Crippen molar-refractivity contribution in [1.29, 1.82) is 0 Å². The van der Waals surface area contributed by atoms with Crippen molar-refractivity contribution in [2.75, 3.05) is 18.1 Å². The van der Waals surface area contributed by atoms with E-state index in [1.807, 2.05) is 18.7 Å². The van der Waals surface area contributed by atoms with E-state index in [-0.39, 0.29) is 38.1 Å². The zero-order valence-corrected chi connectivity index (χ0v) is 15.1. The second-order valence-corrected chi connectivity index (χ2v) is 9.17.